The minimum atomic E-state index is -0.643. The summed E-state index contributed by atoms with van der Waals surface area (Å²) in [5, 5.41) is 9.37. The molecule has 1 amide bonds. The van der Waals surface area contributed by atoms with Crippen LogP contribution in [0.2, 0.25) is 0 Å². The third kappa shape index (κ3) is 5.10. The lowest BCUT2D eigenvalue weighted by atomic mass is 9.85. The van der Waals surface area contributed by atoms with Crippen LogP contribution in [0.1, 0.15) is 85.7 Å². The van der Waals surface area contributed by atoms with Crippen molar-refractivity contribution in [1.29, 1.82) is 5.26 Å². The second kappa shape index (κ2) is 10.2. The van der Waals surface area contributed by atoms with Crippen LogP contribution in [0.25, 0.3) is 11.3 Å². The molecule has 36 heavy (non-hydrogen) atoms. The maximum Gasteiger partial charge on any atom is 0.285 e. The molecule has 2 fully saturated rings. The number of allylic oxidation sites excluding steroid dienone is 2. The molecule has 1 aliphatic carbocycles. The average molecular weight is 490 g/mol. The molecule has 2 aromatic rings. The number of hydrogen-bond acceptors (Lipinski definition) is 6. The number of amides is 1. The third-order valence-corrected chi connectivity index (χ3v) is 7.72. The van der Waals surface area contributed by atoms with Crippen molar-refractivity contribution in [2.24, 2.45) is 5.73 Å². The Balaban J connectivity index is 1.40. The molecule has 8 nitrogen and oxygen atoms in total. The van der Waals surface area contributed by atoms with Crippen LogP contribution in [0, 0.1) is 11.3 Å². The van der Waals surface area contributed by atoms with Gasteiger partial charge in [-0.25, -0.2) is 4.98 Å². The number of carbonyl (C=O) groups excluding carboxylic acids is 1. The zero-order valence-corrected chi connectivity index (χ0v) is 21.2. The van der Waals surface area contributed by atoms with Gasteiger partial charge in [0.1, 0.15) is 6.07 Å². The molecule has 0 bridgehead atoms. The summed E-state index contributed by atoms with van der Waals surface area (Å²) in [6.45, 7) is 7.39. The Bertz CT molecular complexity index is 1190. The fourth-order valence-electron chi connectivity index (χ4n) is 5.64. The van der Waals surface area contributed by atoms with Crippen LogP contribution >= 0.6 is 0 Å². The summed E-state index contributed by atoms with van der Waals surface area (Å²) >= 11 is 0. The highest BCUT2D eigenvalue weighted by Crippen LogP contribution is 2.37. The van der Waals surface area contributed by atoms with Crippen LogP contribution in [-0.2, 0) is 9.47 Å². The van der Waals surface area contributed by atoms with Crippen LogP contribution < -0.4 is 5.73 Å². The van der Waals surface area contributed by atoms with E-state index in [1.165, 1.54) is 17.6 Å². The van der Waals surface area contributed by atoms with Gasteiger partial charge in [-0.2, -0.15) is 5.26 Å². The first kappa shape index (κ1) is 24.7. The Hall–Kier alpha value is -2.99. The van der Waals surface area contributed by atoms with E-state index in [2.05, 4.69) is 34.2 Å². The zero-order valence-electron chi connectivity index (χ0n) is 21.2. The minimum Gasteiger partial charge on any atom is -0.363 e. The summed E-state index contributed by atoms with van der Waals surface area (Å²) in [7, 11) is 0. The van der Waals surface area contributed by atoms with E-state index >= 15 is 0 Å². The average Bonchev–Trinajstić information content (AvgIpc) is 3.34. The molecule has 0 saturated carbocycles. The number of nitriles is 1. The molecule has 2 saturated heterocycles. The summed E-state index contributed by atoms with van der Waals surface area (Å²) in [6, 6.07) is 8.86. The van der Waals surface area contributed by atoms with Gasteiger partial charge in [0, 0.05) is 11.8 Å². The second-order valence-corrected chi connectivity index (χ2v) is 10.5. The molecular formula is C28H35N5O3. The SMILES string of the molecule is CC1(C)OCC(N2CCC(c3ccc(-n4cc(C#N)nc4C(N)=O)c(C4=CCCCC4)c3)CC2)CO1. The molecule has 0 spiro atoms. The topological polar surface area (TPSA) is 106 Å². The number of benzene rings is 1. The number of carbonyl (C=O) groups is 1. The Morgan fingerprint density at radius 1 is 1.19 bits per heavy atom. The molecule has 3 aliphatic rings. The number of piperidine rings is 1. The molecule has 0 unspecified atom stereocenters. The number of ether oxygens (including phenoxy) is 2. The van der Waals surface area contributed by atoms with Crippen molar-refractivity contribution in [2.75, 3.05) is 26.3 Å². The molecule has 8 heteroatoms. The van der Waals surface area contributed by atoms with E-state index in [1.54, 1.807) is 10.8 Å². The van der Waals surface area contributed by atoms with Gasteiger partial charge in [-0.1, -0.05) is 12.1 Å². The highest BCUT2D eigenvalue weighted by molar-refractivity contribution is 5.90. The normalized spacial score (nSPS) is 21.6. The molecule has 0 radical (unpaired) electrons. The van der Waals surface area contributed by atoms with Gasteiger partial charge in [-0.15, -0.1) is 0 Å². The van der Waals surface area contributed by atoms with E-state index in [-0.39, 0.29) is 11.5 Å². The lowest BCUT2D eigenvalue weighted by Crippen LogP contribution is -2.52. The van der Waals surface area contributed by atoms with Gasteiger partial charge in [-0.3, -0.25) is 14.3 Å². The van der Waals surface area contributed by atoms with Crippen molar-refractivity contribution in [3.05, 3.63) is 53.1 Å². The molecule has 190 valence electrons. The fraction of sp³-hybridized carbons (Fsp3) is 0.536. The van der Waals surface area contributed by atoms with Crippen LogP contribution in [0.15, 0.2) is 30.5 Å². The molecule has 1 aromatic heterocycles. The summed E-state index contributed by atoms with van der Waals surface area (Å²) < 4.78 is 13.5. The smallest absolute Gasteiger partial charge is 0.285 e. The molecule has 2 aliphatic heterocycles. The maximum absolute atomic E-state index is 12.1. The number of rotatable bonds is 5. The summed E-state index contributed by atoms with van der Waals surface area (Å²) in [5.41, 5.74) is 10.4. The molecule has 0 atom stereocenters. The number of imidazole rings is 1. The number of nitrogens with two attached hydrogens (primary N) is 1. The predicted octanol–water partition coefficient (Wildman–Crippen LogP) is 4.13. The number of likely N-dealkylation sites (tertiary alicyclic amines) is 1. The third-order valence-electron chi connectivity index (χ3n) is 7.72. The van der Waals surface area contributed by atoms with Crippen LogP contribution in [0.5, 0.6) is 0 Å². The first-order chi connectivity index (χ1) is 17.3. The van der Waals surface area contributed by atoms with E-state index < -0.39 is 11.7 Å². The first-order valence-electron chi connectivity index (χ1n) is 13.0. The van der Waals surface area contributed by atoms with E-state index in [0.717, 1.165) is 56.4 Å². The Morgan fingerprint density at radius 3 is 2.58 bits per heavy atom. The minimum absolute atomic E-state index is 0.0883. The Morgan fingerprint density at radius 2 is 1.94 bits per heavy atom. The highest BCUT2D eigenvalue weighted by atomic mass is 16.7. The molecule has 2 N–H and O–H groups in total. The molecule has 1 aromatic carbocycles. The van der Waals surface area contributed by atoms with Crippen molar-refractivity contribution in [3.8, 4) is 11.8 Å². The van der Waals surface area contributed by atoms with Gasteiger partial charge >= 0.3 is 0 Å². The quantitative estimate of drug-likeness (QED) is 0.677. The number of nitrogens with zero attached hydrogens (tertiary/aromatic N) is 4. The van der Waals surface area contributed by atoms with Crippen LogP contribution in [-0.4, -0.2) is 58.5 Å². The van der Waals surface area contributed by atoms with E-state index in [9.17, 15) is 10.1 Å². The van der Waals surface area contributed by atoms with E-state index in [0.29, 0.717) is 25.2 Å². The van der Waals surface area contributed by atoms with Crippen molar-refractivity contribution in [2.45, 2.75) is 70.1 Å². The summed E-state index contributed by atoms with van der Waals surface area (Å²) in [6.07, 6.45) is 10.5. The fourth-order valence-corrected chi connectivity index (χ4v) is 5.64. The zero-order chi connectivity index (χ0) is 25.3. The molecular weight excluding hydrogens is 454 g/mol. The number of aromatic nitrogens is 2. The summed E-state index contributed by atoms with van der Waals surface area (Å²) in [5.74, 6) is -0.576. The van der Waals surface area contributed by atoms with Gasteiger partial charge in [0.05, 0.1) is 24.9 Å². The number of primary amides is 1. The van der Waals surface area contributed by atoms with Gasteiger partial charge in [0.15, 0.2) is 11.5 Å². The van der Waals surface area contributed by atoms with Crippen LogP contribution in [0.3, 0.4) is 0 Å². The largest absolute Gasteiger partial charge is 0.363 e. The summed E-state index contributed by atoms with van der Waals surface area (Å²) in [4.78, 5) is 18.8. The number of hydrogen-bond donors (Lipinski definition) is 1. The van der Waals surface area contributed by atoms with Crippen molar-refractivity contribution in [1.82, 2.24) is 14.5 Å². The Kier molecular flexibility index (Phi) is 6.98. The standard InChI is InChI=1S/C28H35N5O3/c1-28(2)35-17-23(18-36-28)32-12-10-19(11-13-32)21-8-9-25(24(14-21)20-6-4-3-5-7-20)33-16-22(15-29)31-27(33)26(30)34/h6,8-9,14,16,19,23H,3-5,7,10-13,17-18H2,1-2H3,(H2,30,34). The van der Waals surface area contributed by atoms with Gasteiger partial charge in [0.2, 0.25) is 5.82 Å². The Labute approximate surface area is 212 Å². The van der Waals surface area contributed by atoms with E-state index in [4.69, 9.17) is 15.2 Å². The first-order valence-corrected chi connectivity index (χ1v) is 13.0. The van der Waals surface area contributed by atoms with Crippen molar-refractivity contribution in [3.63, 3.8) is 0 Å². The van der Waals surface area contributed by atoms with Gasteiger partial charge in [-0.05, 0) is 94.6 Å². The lowest BCUT2D eigenvalue weighted by molar-refractivity contribution is -0.264. The van der Waals surface area contributed by atoms with Crippen molar-refractivity contribution >= 4 is 11.5 Å². The highest BCUT2D eigenvalue weighted by Gasteiger charge is 2.33. The van der Waals surface area contributed by atoms with Gasteiger partial charge < -0.3 is 15.2 Å². The lowest BCUT2D eigenvalue weighted by Gasteiger charge is -2.43. The maximum atomic E-state index is 12.1. The van der Waals surface area contributed by atoms with Crippen LogP contribution in [0.4, 0.5) is 0 Å². The van der Waals surface area contributed by atoms with E-state index in [1.807, 2.05) is 19.9 Å². The monoisotopic (exact) mass is 489 g/mol. The molecule has 3 heterocycles. The molecule has 5 rings (SSSR count). The predicted molar refractivity (Wildman–Crippen MR) is 137 cm³/mol. The van der Waals surface area contributed by atoms with Gasteiger partial charge in [0.25, 0.3) is 5.91 Å². The second-order valence-electron chi connectivity index (χ2n) is 10.5. The van der Waals surface area contributed by atoms with Crippen molar-refractivity contribution < 1.29 is 14.3 Å².